The van der Waals surface area contributed by atoms with Gasteiger partial charge in [-0.1, -0.05) is 29.8 Å². The van der Waals surface area contributed by atoms with Crippen LogP contribution in [0, 0.1) is 13.8 Å². The fraction of sp³-hybridized carbons (Fsp3) is 0.429. The van der Waals surface area contributed by atoms with Gasteiger partial charge in [0.15, 0.2) is 0 Å². The van der Waals surface area contributed by atoms with Gasteiger partial charge in [0, 0.05) is 41.5 Å². The van der Waals surface area contributed by atoms with E-state index in [0.29, 0.717) is 12.6 Å². The summed E-state index contributed by atoms with van der Waals surface area (Å²) < 4.78 is 1.94. The lowest BCUT2D eigenvalue weighted by atomic mass is 10.1. The highest BCUT2D eigenvalue weighted by atomic mass is 35.5. The van der Waals surface area contributed by atoms with Gasteiger partial charge >= 0.3 is 0 Å². The molecule has 2 aromatic rings. The summed E-state index contributed by atoms with van der Waals surface area (Å²) >= 11 is 6.27. The summed E-state index contributed by atoms with van der Waals surface area (Å²) in [5.74, 6) is 0.0715. The Balaban J connectivity index is 1.70. The molecule has 0 atom stereocenters. The number of rotatable bonds is 5. The molecule has 0 radical (unpaired) electrons. The number of aromatic nitrogens is 2. The fourth-order valence-corrected chi connectivity index (χ4v) is 3.74. The van der Waals surface area contributed by atoms with Crippen molar-refractivity contribution in [3.05, 3.63) is 57.9 Å². The van der Waals surface area contributed by atoms with E-state index in [-0.39, 0.29) is 5.91 Å². The number of aryl methyl sites for hydroxylation is 1. The molecule has 2 heterocycles. The highest BCUT2D eigenvalue weighted by molar-refractivity contribution is 6.31. The topological polar surface area (TPSA) is 50.2 Å². The first-order valence-electron chi connectivity index (χ1n) is 9.41. The van der Waals surface area contributed by atoms with Gasteiger partial charge in [-0.25, -0.2) is 0 Å². The molecular formula is C21H27ClN4O. The van der Waals surface area contributed by atoms with Gasteiger partial charge in [-0.3, -0.25) is 9.48 Å². The molecule has 1 aromatic carbocycles. The number of halogens is 1. The molecule has 0 aliphatic carbocycles. The number of nitrogens with zero attached hydrogens (tertiary/aromatic N) is 3. The molecule has 144 valence electrons. The van der Waals surface area contributed by atoms with Gasteiger partial charge in [0.2, 0.25) is 5.91 Å². The van der Waals surface area contributed by atoms with Gasteiger partial charge in [0.05, 0.1) is 12.2 Å². The van der Waals surface area contributed by atoms with Crippen molar-refractivity contribution in [1.82, 2.24) is 20.0 Å². The maximum Gasteiger partial charge on any atom is 0.246 e. The number of benzene rings is 1. The minimum Gasteiger partial charge on any atom is -0.339 e. The van der Waals surface area contributed by atoms with Crippen LogP contribution in [-0.4, -0.2) is 46.8 Å². The zero-order valence-corrected chi connectivity index (χ0v) is 17.0. The first-order chi connectivity index (χ1) is 13.0. The van der Waals surface area contributed by atoms with Gasteiger partial charge in [0.1, 0.15) is 0 Å². The Morgan fingerprint density at radius 1 is 1.30 bits per heavy atom. The summed E-state index contributed by atoms with van der Waals surface area (Å²) in [6.45, 7) is 6.22. The highest BCUT2D eigenvalue weighted by Crippen LogP contribution is 2.20. The van der Waals surface area contributed by atoms with Crippen LogP contribution in [0.4, 0.5) is 0 Å². The predicted molar refractivity (Wildman–Crippen MR) is 110 cm³/mol. The summed E-state index contributed by atoms with van der Waals surface area (Å²) in [5, 5.41) is 8.66. The molecule has 1 N–H and O–H groups in total. The fourth-order valence-electron chi connectivity index (χ4n) is 3.54. The average molecular weight is 387 g/mol. The number of hydrogen-bond acceptors (Lipinski definition) is 3. The Morgan fingerprint density at radius 3 is 2.67 bits per heavy atom. The van der Waals surface area contributed by atoms with E-state index in [2.05, 4.69) is 10.4 Å². The number of nitrogens with one attached hydrogen (secondary N) is 1. The molecule has 3 rings (SSSR count). The van der Waals surface area contributed by atoms with Gasteiger partial charge in [-0.15, -0.1) is 0 Å². The Kier molecular flexibility index (Phi) is 6.34. The van der Waals surface area contributed by atoms with E-state index in [9.17, 15) is 4.79 Å². The Morgan fingerprint density at radius 2 is 2.00 bits per heavy atom. The smallest absolute Gasteiger partial charge is 0.246 e. The monoisotopic (exact) mass is 386 g/mol. The van der Waals surface area contributed by atoms with E-state index in [1.165, 1.54) is 0 Å². The lowest BCUT2D eigenvalue weighted by molar-refractivity contribution is -0.127. The standard InChI is InChI=1S/C21H27ClN4O/c1-15-19(8-9-21(27)25-12-10-18(23-3)11-13-25)16(2)26(24-15)14-17-6-4-5-7-20(17)22/h4-9,18,23H,10-14H2,1-3H3/b9-8+. The van der Waals surface area contributed by atoms with Crippen LogP contribution in [0.2, 0.25) is 5.02 Å². The molecule has 0 bridgehead atoms. The molecule has 1 fully saturated rings. The molecule has 6 heteroatoms. The van der Waals surface area contributed by atoms with Crippen molar-refractivity contribution in [2.75, 3.05) is 20.1 Å². The van der Waals surface area contributed by atoms with Crippen molar-refractivity contribution in [2.45, 2.75) is 39.3 Å². The second-order valence-electron chi connectivity index (χ2n) is 7.06. The SMILES string of the molecule is CNC1CCN(C(=O)/C=C/c2c(C)nn(Cc3ccccc3Cl)c2C)CC1. The minimum atomic E-state index is 0.0715. The minimum absolute atomic E-state index is 0.0715. The van der Waals surface area contributed by atoms with Crippen LogP contribution < -0.4 is 5.32 Å². The zero-order valence-electron chi connectivity index (χ0n) is 16.2. The number of carbonyl (C=O) groups excluding carboxylic acids is 1. The van der Waals surface area contributed by atoms with Crippen molar-refractivity contribution in [1.29, 1.82) is 0 Å². The number of amides is 1. The second-order valence-corrected chi connectivity index (χ2v) is 7.46. The van der Waals surface area contributed by atoms with Gasteiger partial charge in [0.25, 0.3) is 0 Å². The van der Waals surface area contributed by atoms with Crippen LogP contribution in [0.3, 0.4) is 0 Å². The molecule has 1 amide bonds. The quantitative estimate of drug-likeness (QED) is 0.801. The van der Waals surface area contributed by atoms with Crippen LogP contribution in [0.15, 0.2) is 30.3 Å². The summed E-state index contributed by atoms with van der Waals surface area (Å²) in [7, 11) is 1.98. The van der Waals surface area contributed by atoms with E-state index >= 15 is 0 Å². The number of piperidine rings is 1. The summed E-state index contributed by atoms with van der Waals surface area (Å²) in [6, 6.07) is 8.31. The van der Waals surface area contributed by atoms with E-state index in [4.69, 9.17) is 11.6 Å². The van der Waals surface area contributed by atoms with Crippen LogP contribution in [0.5, 0.6) is 0 Å². The van der Waals surface area contributed by atoms with E-state index in [1.54, 1.807) is 6.08 Å². The maximum atomic E-state index is 12.5. The largest absolute Gasteiger partial charge is 0.339 e. The molecule has 27 heavy (non-hydrogen) atoms. The second kappa shape index (κ2) is 8.72. The summed E-state index contributed by atoms with van der Waals surface area (Å²) in [6.07, 6.45) is 5.58. The molecule has 1 aliphatic heterocycles. The van der Waals surface area contributed by atoms with Gasteiger partial charge in [-0.2, -0.15) is 5.10 Å². The van der Waals surface area contributed by atoms with Crippen LogP contribution in [-0.2, 0) is 11.3 Å². The van der Waals surface area contributed by atoms with Crippen molar-refractivity contribution in [2.24, 2.45) is 0 Å². The van der Waals surface area contributed by atoms with Gasteiger partial charge in [-0.05, 0) is 51.4 Å². The van der Waals surface area contributed by atoms with Crippen molar-refractivity contribution in [3.8, 4) is 0 Å². The Labute approximate surface area is 166 Å². The van der Waals surface area contributed by atoms with E-state index in [1.807, 2.05) is 60.8 Å². The molecule has 1 aromatic heterocycles. The van der Waals surface area contributed by atoms with Crippen molar-refractivity contribution < 1.29 is 4.79 Å². The van der Waals surface area contributed by atoms with Crippen LogP contribution >= 0.6 is 11.6 Å². The van der Waals surface area contributed by atoms with Gasteiger partial charge < -0.3 is 10.2 Å². The highest BCUT2D eigenvalue weighted by Gasteiger charge is 2.20. The molecule has 1 aliphatic rings. The molecule has 5 nitrogen and oxygen atoms in total. The molecule has 0 unspecified atom stereocenters. The number of hydrogen-bond donors (Lipinski definition) is 1. The lowest BCUT2D eigenvalue weighted by Gasteiger charge is -2.31. The Hall–Kier alpha value is -2.11. The predicted octanol–water partition coefficient (Wildman–Crippen LogP) is 3.43. The summed E-state index contributed by atoms with van der Waals surface area (Å²) in [4.78, 5) is 14.4. The third-order valence-electron chi connectivity index (χ3n) is 5.32. The lowest BCUT2D eigenvalue weighted by Crippen LogP contribution is -2.43. The third-order valence-corrected chi connectivity index (χ3v) is 5.69. The van der Waals surface area contributed by atoms with Crippen LogP contribution in [0.1, 0.15) is 35.4 Å². The molecule has 1 saturated heterocycles. The average Bonchev–Trinajstić information content (AvgIpc) is 2.94. The Bertz CT molecular complexity index is 835. The third kappa shape index (κ3) is 4.60. The van der Waals surface area contributed by atoms with Crippen molar-refractivity contribution in [3.63, 3.8) is 0 Å². The zero-order chi connectivity index (χ0) is 19.4. The van der Waals surface area contributed by atoms with E-state index < -0.39 is 0 Å². The summed E-state index contributed by atoms with van der Waals surface area (Å²) in [5.41, 5.74) is 3.98. The molecule has 0 saturated carbocycles. The maximum absolute atomic E-state index is 12.5. The first kappa shape index (κ1) is 19.6. The van der Waals surface area contributed by atoms with E-state index in [0.717, 1.165) is 53.5 Å². The number of likely N-dealkylation sites (tertiary alicyclic amines) is 1. The molecule has 0 spiro atoms. The molecular weight excluding hydrogens is 360 g/mol. The first-order valence-corrected chi connectivity index (χ1v) is 9.79. The van der Waals surface area contributed by atoms with Crippen molar-refractivity contribution >= 4 is 23.6 Å². The van der Waals surface area contributed by atoms with Crippen LogP contribution in [0.25, 0.3) is 6.08 Å². The number of carbonyl (C=O) groups is 1. The normalized spacial score (nSPS) is 15.6.